The Bertz CT molecular complexity index is 1150. The quantitative estimate of drug-likeness (QED) is 0.391. The van der Waals surface area contributed by atoms with Crippen molar-refractivity contribution >= 4 is 22.7 Å². The van der Waals surface area contributed by atoms with Gasteiger partial charge in [-0.05, 0) is 31.9 Å². The van der Waals surface area contributed by atoms with Crippen LogP contribution in [0.15, 0.2) is 65.8 Å². The molecule has 2 aromatic carbocycles. The number of para-hydroxylation sites is 1. The van der Waals surface area contributed by atoms with E-state index in [-0.39, 0.29) is 0 Å². The summed E-state index contributed by atoms with van der Waals surface area (Å²) in [5.41, 5.74) is 4.08. The summed E-state index contributed by atoms with van der Waals surface area (Å²) in [6.07, 6.45) is 2.62. The van der Waals surface area contributed by atoms with Gasteiger partial charge >= 0.3 is 0 Å². The van der Waals surface area contributed by atoms with Gasteiger partial charge < -0.3 is 9.30 Å². The number of ether oxygens (including phenoxy) is 1. The Kier molecular flexibility index (Phi) is 5.51. The first-order valence-corrected chi connectivity index (χ1v) is 11.4. The highest BCUT2D eigenvalue weighted by atomic mass is 32.2. The van der Waals surface area contributed by atoms with E-state index in [1.54, 1.807) is 11.8 Å². The van der Waals surface area contributed by atoms with Crippen LogP contribution in [0.4, 0.5) is 0 Å². The Labute approximate surface area is 180 Å². The van der Waals surface area contributed by atoms with Gasteiger partial charge in [-0.3, -0.25) is 0 Å². The zero-order chi connectivity index (χ0) is 20.3. The molecule has 0 saturated carbocycles. The molecule has 0 N–H and O–H groups in total. The molecule has 2 aromatic heterocycles. The SMILES string of the molecule is CCn1c(SCC2CCCO2)nnc1-c1cc(-c2ccccc2)nc2ccccc12. The van der Waals surface area contributed by atoms with Crippen molar-refractivity contribution in [1.82, 2.24) is 19.7 Å². The van der Waals surface area contributed by atoms with Gasteiger partial charge in [-0.25, -0.2) is 4.98 Å². The maximum Gasteiger partial charge on any atom is 0.191 e. The summed E-state index contributed by atoms with van der Waals surface area (Å²) >= 11 is 1.74. The molecule has 5 rings (SSSR count). The number of benzene rings is 2. The summed E-state index contributed by atoms with van der Waals surface area (Å²) in [6.45, 7) is 3.83. The predicted molar refractivity (Wildman–Crippen MR) is 122 cm³/mol. The van der Waals surface area contributed by atoms with E-state index in [1.807, 2.05) is 24.3 Å². The van der Waals surface area contributed by atoms with Gasteiger partial charge in [0.25, 0.3) is 0 Å². The second-order valence-corrected chi connectivity index (χ2v) is 8.42. The number of thioether (sulfide) groups is 1. The molecule has 6 heteroatoms. The molecule has 4 aromatic rings. The number of aromatic nitrogens is 4. The van der Waals surface area contributed by atoms with Crippen molar-refractivity contribution in [1.29, 1.82) is 0 Å². The van der Waals surface area contributed by atoms with Crippen LogP contribution >= 0.6 is 11.8 Å². The average Bonchev–Trinajstić information content (AvgIpc) is 3.47. The Morgan fingerprint density at radius 2 is 1.90 bits per heavy atom. The van der Waals surface area contributed by atoms with Crippen LogP contribution in [0.3, 0.4) is 0 Å². The molecule has 1 unspecified atom stereocenters. The van der Waals surface area contributed by atoms with Crippen molar-refractivity contribution < 1.29 is 4.74 Å². The minimum atomic E-state index is 0.326. The van der Waals surface area contributed by atoms with Crippen molar-refractivity contribution in [3.63, 3.8) is 0 Å². The standard InChI is InChI=1S/C24H24N4OS/c1-2-28-23(26-27-24(28)30-16-18-11-8-14-29-18)20-15-22(17-9-4-3-5-10-17)25-21-13-7-6-12-19(20)21/h3-7,9-10,12-13,15,18H,2,8,11,14,16H2,1H3. The van der Waals surface area contributed by atoms with E-state index in [0.29, 0.717) is 6.10 Å². The summed E-state index contributed by atoms with van der Waals surface area (Å²) < 4.78 is 7.98. The van der Waals surface area contributed by atoms with Crippen molar-refractivity contribution in [3.05, 3.63) is 60.7 Å². The van der Waals surface area contributed by atoms with Gasteiger partial charge in [0.1, 0.15) is 0 Å². The molecule has 1 fully saturated rings. The maximum atomic E-state index is 5.78. The van der Waals surface area contributed by atoms with Gasteiger partial charge in [0, 0.05) is 35.4 Å². The van der Waals surface area contributed by atoms with E-state index in [0.717, 1.165) is 70.5 Å². The lowest BCUT2D eigenvalue weighted by Gasteiger charge is -2.12. The Morgan fingerprint density at radius 1 is 1.07 bits per heavy atom. The van der Waals surface area contributed by atoms with Crippen LogP contribution in [0, 0.1) is 0 Å². The van der Waals surface area contributed by atoms with E-state index in [9.17, 15) is 0 Å². The van der Waals surface area contributed by atoms with Gasteiger partial charge in [-0.2, -0.15) is 0 Å². The first kappa shape index (κ1) is 19.3. The van der Waals surface area contributed by atoms with Crippen LogP contribution in [-0.4, -0.2) is 38.2 Å². The molecule has 1 aliphatic heterocycles. The average molecular weight is 417 g/mol. The third kappa shape index (κ3) is 3.73. The lowest BCUT2D eigenvalue weighted by atomic mass is 10.0. The molecule has 0 amide bonds. The number of fused-ring (bicyclic) bond motifs is 1. The fraction of sp³-hybridized carbons (Fsp3) is 0.292. The fourth-order valence-corrected chi connectivity index (χ4v) is 5.01. The van der Waals surface area contributed by atoms with Gasteiger partial charge in [0.05, 0.1) is 17.3 Å². The van der Waals surface area contributed by atoms with Crippen LogP contribution in [0.5, 0.6) is 0 Å². The summed E-state index contributed by atoms with van der Waals surface area (Å²) in [4.78, 5) is 4.90. The largest absolute Gasteiger partial charge is 0.377 e. The number of hydrogen-bond acceptors (Lipinski definition) is 5. The minimum Gasteiger partial charge on any atom is -0.377 e. The third-order valence-electron chi connectivity index (χ3n) is 5.48. The molecule has 152 valence electrons. The third-order valence-corrected chi connectivity index (χ3v) is 6.58. The van der Waals surface area contributed by atoms with E-state index in [2.05, 4.69) is 58.1 Å². The number of nitrogens with zero attached hydrogens (tertiary/aromatic N) is 4. The Balaban J connectivity index is 1.58. The summed E-state index contributed by atoms with van der Waals surface area (Å²) in [5, 5.41) is 11.2. The Morgan fingerprint density at radius 3 is 2.70 bits per heavy atom. The van der Waals surface area contributed by atoms with Gasteiger partial charge in [0.2, 0.25) is 0 Å². The number of pyridine rings is 1. The summed E-state index contributed by atoms with van der Waals surface area (Å²) in [7, 11) is 0. The maximum absolute atomic E-state index is 5.78. The summed E-state index contributed by atoms with van der Waals surface area (Å²) in [5.74, 6) is 1.81. The van der Waals surface area contributed by atoms with E-state index < -0.39 is 0 Å². The molecule has 0 radical (unpaired) electrons. The molecule has 1 saturated heterocycles. The molecule has 0 spiro atoms. The highest BCUT2D eigenvalue weighted by molar-refractivity contribution is 7.99. The van der Waals surface area contributed by atoms with Crippen LogP contribution in [0.1, 0.15) is 19.8 Å². The van der Waals surface area contributed by atoms with Crippen molar-refractivity contribution in [2.45, 2.75) is 37.6 Å². The molecule has 0 bridgehead atoms. The normalized spacial score (nSPS) is 16.4. The lowest BCUT2D eigenvalue weighted by molar-refractivity contribution is 0.129. The molecule has 3 heterocycles. The van der Waals surface area contributed by atoms with E-state index in [4.69, 9.17) is 9.72 Å². The van der Waals surface area contributed by atoms with Gasteiger partial charge in [-0.1, -0.05) is 60.3 Å². The molecule has 1 atom stereocenters. The van der Waals surface area contributed by atoms with E-state index >= 15 is 0 Å². The first-order valence-electron chi connectivity index (χ1n) is 10.5. The van der Waals surface area contributed by atoms with Gasteiger partial charge in [-0.15, -0.1) is 10.2 Å². The van der Waals surface area contributed by atoms with Crippen LogP contribution < -0.4 is 0 Å². The fourth-order valence-electron chi connectivity index (χ4n) is 3.94. The molecular weight excluding hydrogens is 392 g/mol. The van der Waals surface area contributed by atoms with Crippen LogP contribution in [0.2, 0.25) is 0 Å². The van der Waals surface area contributed by atoms with E-state index in [1.165, 1.54) is 0 Å². The van der Waals surface area contributed by atoms with Crippen LogP contribution in [0.25, 0.3) is 33.5 Å². The second kappa shape index (κ2) is 8.58. The monoisotopic (exact) mass is 416 g/mol. The zero-order valence-corrected chi connectivity index (χ0v) is 17.8. The first-order chi connectivity index (χ1) is 14.8. The second-order valence-electron chi connectivity index (χ2n) is 7.43. The highest BCUT2D eigenvalue weighted by Crippen LogP contribution is 2.33. The topological polar surface area (TPSA) is 52.8 Å². The summed E-state index contributed by atoms with van der Waals surface area (Å²) in [6, 6.07) is 20.7. The number of rotatable bonds is 6. The zero-order valence-electron chi connectivity index (χ0n) is 17.0. The van der Waals surface area contributed by atoms with Crippen molar-refractivity contribution in [2.24, 2.45) is 0 Å². The Hall–Kier alpha value is -2.70. The predicted octanol–water partition coefficient (Wildman–Crippen LogP) is 5.45. The lowest BCUT2D eigenvalue weighted by Crippen LogP contribution is -2.09. The minimum absolute atomic E-state index is 0.326. The number of hydrogen-bond donors (Lipinski definition) is 0. The van der Waals surface area contributed by atoms with Crippen LogP contribution in [-0.2, 0) is 11.3 Å². The molecule has 0 aliphatic carbocycles. The van der Waals surface area contributed by atoms with Crippen molar-refractivity contribution in [2.75, 3.05) is 12.4 Å². The molecule has 30 heavy (non-hydrogen) atoms. The van der Waals surface area contributed by atoms with Gasteiger partial charge in [0.15, 0.2) is 11.0 Å². The molecule has 1 aliphatic rings. The molecule has 5 nitrogen and oxygen atoms in total. The van der Waals surface area contributed by atoms with Crippen molar-refractivity contribution in [3.8, 4) is 22.6 Å². The molecular formula is C24H24N4OS. The highest BCUT2D eigenvalue weighted by Gasteiger charge is 2.20. The smallest absolute Gasteiger partial charge is 0.191 e.